The van der Waals surface area contributed by atoms with Crippen LogP contribution in [0.2, 0.25) is 0 Å². The van der Waals surface area contributed by atoms with E-state index in [0.29, 0.717) is 6.54 Å². The highest BCUT2D eigenvalue weighted by Gasteiger charge is 2.33. The van der Waals surface area contributed by atoms with E-state index in [0.717, 1.165) is 62.2 Å². The molecule has 0 unspecified atom stereocenters. The maximum atomic E-state index is 12.7. The van der Waals surface area contributed by atoms with Gasteiger partial charge in [-0.3, -0.25) is 9.59 Å². The lowest BCUT2D eigenvalue weighted by Crippen LogP contribution is -2.33. The van der Waals surface area contributed by atoms with Crippen LogP contribution in [0.25, 0.3) is 11.0 Å². The van der Waals surface area contributed by atoms with Gasteiger partial charge in [0.05, 0.1) is 17.1 Å². The van der Waals surface area contributed by atoms with E-state index < -0.39 is 0 Å². The smallest absolute Gasteiger partial charge is 0.242 e. The van der Waals surface area contributed by atoms with Crippen LogP contribution in [0.4, 0.5) is 0 Å². The maximum absolute atomic E-state index is 12.7. The number of rotatable bonds is 3. The number of imidazole rings is 1. The highest BCUT2D eigenvalue weighted by molar-refractivity contribution is 5.82. The third kappa shape index (κ3) is 2.90. The van der Waals surface area contributed by atoms with E-state index in [-0.39, 0.29) is 17.9 Å². The highest BCUT2D eigenvalue weighted by Crippen LogP contribution is 2.33. The first-order chi connectivity index (χ1) is 12.1. The van der Waals surface area contributed by atoms with Gasteiger partial charge in [-0.25, -0.2) is 4.98 Å². The SMILES string of the molecule is CC(=O)N1CCC[C@H]1c1nc2ccccc2n1CC(=O)N1CCCC1. The molecule has 0 N–H and O–H groups in total. The number of hydrogen-bond acceptors (Lipinski definition) is 3. The molecular weight excluding hydrogens is 316 g/mol. The average Bonchev–Trinajstić information content (AvgIpc) is 3.34. The molecule has 6 nitrogen and oxygen atoms in total. The molecule has 132 valence electrons. The Hall–Kier alpha value is -2.37. The minimum Gasteiger partial charge on any atom is -0.341 e. The number of fused-ring (bicyclic) bond motifs is 1. The zero-order valence-corrected chi connectivity index (χ0v) is 14.6. The fourth-order valence-corrected chi connectivity index (χ4v) is 4.13. The number of likely N-dealkylation sites (tertiary alicyclic amines) is 2. The molecule has 2 aliphatic rings. The Morgan fingerprint density at radius 1 is 1.12 bits per heavy atom. The minimum atomic E-state index is -0.0312. The number of aromatic nitrogens is 2. The summed E-state index contributed by atoms with van der Waals surface area (Å²) in [5, 5.41) is 0. The molecule has 0 aliphatic carbocycles. The monoisotopic (exact) mass is 340 g/mol. The molecule has 4 rings (SSSR count). The molecule has 3 heterocycles. The molecule has 0 spiro atoms. The van der Waals surface area contributed by atoms with Crippen molar-refractivity contribution < 1.29 is 9.59 Å². The quantitative estimate of drug-likeness (QED) is 0.862. The van der Waals surface area contributed by atoms with Crippen molar-refractivity contribution in [1.29, 1.82) is 0 Å². The Kier molecular flexibility index (Phi) is 4.19. The predicted molar refractivity (Wildman–Crippen MR) is 94.9 cm³/mol. The van der Waals surface area contributed by atoms with E-state index in [4.69, 9.17) is 4.98 Å². The van der Waals surface area contributed by atoms with Crippen molar-refractivity contribution in [2.45, 2.75) is 45.2 Å². The maximum Gasteiger partial charge on any atom is 0.242 e. The molecule has 6 heteroatoms. The van der Waals surface area contributed by atoms with Crippen LogP contribution in [-0.2, 0) is 16.1 Å². The predicted octanol–water partition coefficient (Wildman–Crippen LogP) is 2.34. The molecule has 1 aromatic carbocycles. The number of carbonyl (C=O) groups is 2. The van der Waals surface area contributed by atoms with Gasteiger partial charge >= 0.3 is 0 Å². The van der Waals surface area contributed by atoms with E-state index in [1.54, 1.807) is 6.92 Å². The topological polar surface area (TPSA) is 58.4 Å². The van der Waals surface area contributed by atoms with Crippen LogP contribution in [-0.4, -0.2) is 50.8 Å². The van der Waals surface area contributed by atoms with Crippen LogP contribution < -0.4 is 0 Å². The number of carbonyl (C=O) groups excluding carboxylic acids is 2. The van der Waals surface area contributed by atoms with Gasteiger partial charge in [0.25, 0.3) is 0 Å². The van der Waals surface area contributed by atoms with E-state index in [1.165, 1.54) is 0 Å². The van der Waals surface area contributed by atoms with Gasteiger partial charge in [0.2, 0.25) is 11.8 Å². The molecule has 0 radical (unpaired) electrons. The first-order valence-corrected chi connectivity index (χ1v) is 9.15. The van der Waals surface area contributed by atoms with Gasteiger partial charge in [-0.1, -0.05) is 12.1 Å². The van der Waals surface area contributed by atoms with E-state index in [2.05, 4.69) is 0 Å². The number of amides is 2. The van der Waals surface area contributed by atoms with Crippen molar-refractivity contribution in [2.24, 2.45) is 0 Å². The van der Waals surface area contributed by atoms with E-state index >= 15 is 0 Å². The van der Waals surface area contributed by atoms with E-state index in [9.17, 15) is 9.59 Å². The Morgan fingerprint density at radius 2 is 1.88 bits per heavy atom. The second-order valence-electron chi connectivity index (χ2n) is 7.00. The van der Waals surface area contributed by atoms with Crippen molar-refractivity contribution in [3.63, 3.8) is 0 Å². The van der Waals surface area contributed by atoms with Crippen LogP contribution >= 0.6 is 0 Å². The van der Waals surface area contributed by atoms with Crippen molar-refractivity contribution in [1.82, 2.24) is 19.4 Å². The molecule has 2 amide bonds. The van der Waals surface area contributed by atoms with Crippen molar-refractivity contribution in [2.75, 3.05) is 19.6 Å². The van der Waals surface area contributed by atoms with Gasteiger partial charge in [-0.2, -0.15) is 0 Å². The summed E-state index contributed by atoms with van der Waals surface area (Å²) in [4.78, 5) is 33.4. The lowest BCUT2D eigenvalue weighted by atomic mass is 10.2. The minimum absolute atomic E-state index is 0.0312. The number of hydrogen-bond donors (Lipinski definition) is 0. The van der Waals surface area contributed by atoms with Crippen molar-refractivity contribution >= 4 is 22.8 Å². The van der Waals surface area contributed by atoms with E-state index in [1.807, 2.05) is 38.6 Å². The first kappa shape index (κ1) is 16.1. The molecule has 2 fully saturated rings. The average molecular weight is 340 g/mol. The van der Waals surface area contributed by atoms with Crippen LogP contribution in [0.3, 0.4) is 0 Å². The Balaban J connectivity index is 1.73. The molecule has 2 aromatic rings. The lowest BCUT2D eigenvalue weighted by Gasteiger charge is -2.24. The molecule has 0 bridgehead atoms. The number of para-hydroxylation sites is 2. The molecule has 25 heavy (non-hydrogen) atoms. The molecule has 1 atom stereocenters. The van der Waals surface area contributed by atoms with Gasteiger partial charge in [0.1, 0.15) is 12.4 Å². The summed E-state index contributed by atoms with van der Waals surface area (Å²) in [6.07, 6.45) is 4.06. The largest absolute Gasteiger partial charge is 0.341 e. The summed E-state index contributed by atoms with van der Waals surface area (Å²) >= 11 is 0. The van der Waals surface area contributed by atoms with Crippen LogP contribution in [0.5, 0.6) is 0 Å². The third-order valence-corrected chi connectivity index (χ3v) is 5.39. The van der Waals surface area contributed by atoms with Gasteiger partial charge in [-0.05, 0) is 37.8 Å². The third-order valence-electron chi connectivity index (χ3n) is 5.39. The normalized spacial score (nSPS) is 20.6. The van der Waals surface area contributed by atoms with Gasteiger partial charge in [0.15, 0.2) is 0 Å². The van der Waals surface area contributed by atoms with Crippen LogP contribution in [0.15, 0.2) is 24.3 Å². The van der Waals surface area contributed by atoms with Gasteiger partial charge < -0.3 is 14.4 Å². The van der Waals surface area contributed by atoms with Gasteiger partial charge in [-0.15, -0.1) is 0 Å². The molecule has 2 saturated heterocycles. The second kappa shape index (κ2) is 6.50. The summed E-state index contributed by atoms with van der Waals surface area (Å²) in [5.74, 6) is 1.07. The summed E-state index contributed by atoms with van der Waals surface area (Å²) in [7, 11) is 0. The Labute approximate surface area is 147 Å². The molecule has 1 aromatic heterocycles. The Morgan fingerprint density at radius 3 is 2.64 bits per heavy atom. The lowest BCUT2D eigenvalue weighted by molar-refractivity contribution is -0.130. The summed E-state index contributed by atoms with van der Waals surface area (Å²) in [6, 6.07) is 7.89. The summed E-state index contributed by atoms with van der Waals surface area (Å²) in [6.45, 7) is 4.38. The molecule has 0 saturated carbocycles. The van der Waals surface area contributed by atoms with Crippen molar-refractivity contribution in [3.05, 3.63) is 30.1 Å². The summed E-state index contributed by atoms with van der Waals surface area (Å²) < 4.78 is 2.03. The fraction of sp³-hybridized carbons (Fsp3) is 0.526. The zero-order valence-electron chi connectivity index (χ0n) is 14.6. The first-order valence-electron chi connectivity index (χ1n) is 9.15. The van der Waals surface area contributed by atoms with Gasteiger partial charge in [0, 0.05) is 26.6 Å². The highest BCUT2D eigenvalue weighted by atomic mass is 16.2. The number of benzene rings is 1. The fourth-order valence-electron chi connectivity index (χ4n) is 4.13. The second-order valence-corrected chi connectivity index (χ2v) is 7.00. The van der Waals surface area contributed by atoms with Crippen molar-refractivity contribution in [3.8, 4) is 0 Å². The standard InChI is InChI=1S/C19H24N4O2/c1-14(24)22-12-6-9-17(22)19-20-15-7-2-3-8-16(15)23(19)13-18(25)21-10-4-5-11-21/h2-3,7-8,17H,4-6,9-13H2,1H3/t17-/m0/s1. The molecular formula is C19H24N4O2. The summed E-state index contributed by atoms with van der Waals surface area (Å²) in [5.41, 5.74) is 1.86. The number of nitrogens with zero attached hydrogens (tertiary/aromatic N) is 4. The van der Waals surface area contributed by atoms with Crippen LogP contribution in [0.1, 0.15) is 44.5 Å². The molecule has 2 aliphatic heterocycles. The Bertz CT molecular complexity index is 807. The zero-order chi connectivity index (χ0) is 17.4. The van der Waals surface area contributed by atoms with Crippen LogP contribution in [0, 0.1) is 0 Å².